The fraction of sp³-hybridized carbons (Fsp3) is 0.645. The third-order valence-electron chi connectivity index (χ3n) is 7.57. The second-order valence-electron chi connectivity index (χ2n) is 12.3. The Labute approximate surface area is 234 Å². The van der Waals surface area contributed by atoms with Crippen LogP contribution in [0, 0.1) is 11.8 Å². The SMILES string of the molecule is CC(C)OC(=O)CCC/C=C\C[C@@H]1[C@@H](/C=C/C(F)(F)COc2ccccc2)[C@H](O[Si](C)(C)C(C)(C)C)C[C@@H]1O. The normalized spacial score (nSPS) is 22.7. The first-order chi connectivity index (χ1) is 18.1. The maximum Gasteiger partial charge on any atom is 0.306 e. The molecule has 0 heterocycles. The molecular weight excluding hydrogens is 518 g/mol. The Morgan fingerprint density at radius 2 is 1.82 bits per heavy atom. The zero-order chi connectivity index (χ0) is 29.3. The third-order valence-corrected chi connectivity index (χ3v) is 12.1. The molecule has 1 aliphatic rings. The quantitative estimate of drug-likeness (QED) is 0.108. The molecule has 5 nitrogen and oxygen atoms in total. The molecule has 1 fully saturated rings. The van der Waals surface area contributed by atoms with Gasteiger partial charge in [0, 0.05) is 12.3 Å². The van der Waals surface area contributed by atoms with Crippen molar-refractivity contribution in [3.8, 4) is 5.75 Å². The highest BCUT2D eigenvalue weighted by Crippen LogP contribution is 2.44. The molecule has 0 amide bonds. The van der Waals surface area contributed by atoms with Gasteiger partial charge in [-0.2, -0.15) is 8.78 Å². The van der Waals surface area contributed by atoms with Crippen molar-refractivity contribution < 1.29 is 32.6 Å². The van der Waals surface area contributed by atoms with E-state index in [-0.39, 0.29) is 35.1 Å². The van der Waals surface area contributed by atoms with E-state index in [0.29, 0.717) is 37.9 Å². The zero-order valence-electron chi connectivity index (χ0n) is 24.7. The maximum atomic E-state index is 14.8. The zero-order valence-corrected chi connectivity index (χ0v) is 25.7. The molecule has 1 aromatic rings. The number of hydrogen-bond donors (Lipinski definition) is 1. The smallest absolute Gasteiger partial charge is 0.306 e. The van der Waals surface area contributed by atoms with E-state index in [1.54, 1.807) is 30.3 Å². The molecule has 39 heavy (non-hydrogen) atoms. The maximum absolute atomic E-state index is 14.8. The molecule has 0 aromatic heterocycles. The van der Waals surface area contributed by atoms with Gasteiger partial charge in [0.2, 0.25) is 0 Å². The van der Waals surface area contributed by atoms with Crippen molar-refractivity contribution >= 4 is 14.3 Å². The molecule has 0 aliphatic heterocycles. The van der Waals surface area contributed by atoms with E-state index in [1.165, 1.54) is 6.08 Å². The summed E-state index contributed by atoms with van der Waals surface area (Å²) in [6.07, 6.45) is 7.96. The van der Waals surface area contributed by atoms with Crippen LogP contribution in [0.15, 0.2) is 54.6 Å². The highest BCUT2D eigenvalue weighted by molar-refractivity contribution is 6.74. The molecule has 2 rings (SSSR count). The summed E-state index contributed by atoms with van der Waals surface area (Å²) < 4.78 is 46.7. The first kappa shape index (κ1) is 33.2. The van der Waals surface area contributed by atoms with Crippen LogP contribution in [0.3, 0.4) is 0 Å². The Bertz CT molecular complexity index is 940. The van der Waals surface area contributed by atoms with Crippen LogP contribution in [-0.2, 0) is 14.0 Å². The van der Waals surface area contributed by atoms with Crippen LogP contribution in [0.1, 0.15) is 66.7 Å². The van der Waals surface area contributed by atoms with Crippen LogP contribution < -0.4 is 4.74 Å². The monoisotopic (exact) mass is 566 g/mol. The van der Waals surface area contributed by atoms with Gasteiger partial charge in [-0.05, 0) is 81.8 Å². The minimum absolute atomic E-state index is 0.0472. The van der Waals surface area contributed by atoms with E-state index in [1.807, 2.05) is 26.0 Å². The molecular formula is C31H48F2O5Si. The number of allylic oxidation sites excluding steroid dienone is 2. The number of esters is 1. The summed E-state index contributed by atoms with van der Waals surface area (Å²) in [4.78, 5) is 11.7. The molecule has 1 N–H and O–H groups in total. The van der Waals surface area contributed by atoms with Crippen LogP contribution in [-0.4, -0.2) is 50.2 Å². The standard InChI is InChI=1S/C31H48F2O5Si/c1-23(2)37-29(35)18-14-9-8-13-17-25-26(28(21-27(25)34)38-39(6,7)30(3,4)5)19-20-31(32,33)22-36-24-15-11-10-12-16-24/h8,10-13,15-16,19-20,23,25-28,34H,9,14,17-18,21-22H2,1-7H3/b13-8-,20-19+/t25-,26-,27+,28-/m1/s1. The number of hydrogen-bond acceptors (Lipinski definition) is 5. The molecule has 1 saturated carbocycles. The molecule has 0 bridgehead atoms. The van der Waals surface area contributed by atoms with E-state index < -0.39 is 27.0 Å². The Hall–Kier alpha value is -2.03. The van der Waals surface area contributed by atoms with Crippen molar-refractivity contribution in [3.05, 3.63) is 54.6 Å². The van der Waals surface area contributed by atoms with Gasteiger partial charge in [-0.25, -0.2) is 0 Å². The third kappa shape index (κ3) is 11.2. The first-order valence-electron chi connectivity index (χ1n) is 14.1. The Balaban J connectivity index is 2.10. The van der Waals surface area contributed by atoms with E-state index in [4.69, 9.17) is 13.9 Å². The number of benzene rings is 1. The molecule has 0 spiro atoms. The Morgan fingerprint density at radius 1 is 1.15 bits per heavy atom. The van der Waals surface area contributed by atoms with Gasteiger partial charge < -0.3 is 19.0 Å². The predicted octanol–water partition coefficient (Wildman–Crippen LogP) is 7.71. The highest BCUT2D eigenvalue weighted by atomic mass is 28.4. The number of aliphatic hydroxyl groups is 1. The molecule has 1 aromatic carbocycles. The number of unbranched alkanes of at least 4 members (excludes halogenated alkanes) is 1. The van der Waals surface area contributed by atoms with Gasteiger partial charge in [-0.3, -0.25) is 4.79 Å². The minimum atomic E-state index is -3.17. The highest BCUT2D eigenvalue weighted by Gasteiger charge is 2.47. The molecule has 0 radical (unpaired) electrons. The number of ether oxygens (including phenoxy) is 2. The van der Waals surface area contributed by atoms with E-state index in [2.05, 4.69) is 33.9 Å². The Morgan fingerprint density at radius 3 is 2.44 bits per heavy atom. The lowest BCUT2D eigenvalue weighted by molar-refractivity contribution is -0.147. The van der Waals surface area contributed by atoms with E-state index >= 15 is 0 Å². The molecule has 0 unspecified atom stereocenters. The lowest BCUT2D eigenvalue weighted by Gasteiger charge is -2.40. The van der Waals surface area contributed by atoms with Crippen LogP contribution in [0.5, 0.6) is 5.75 Å². The average Bonchev–Trinajstić information content (AvgIpc) is 3.11. The van der Waals surface area contributed by atoms with Gasteiger partial charge in [0.05, 0.1) is 18.3 Å². The number of para-hydroxylation sites is 1. The van der Waals surface area contributed by atoms with E-state index in [9.17, 15) is 18.7 Å². The van der Waals surface area contributed by atoms with Crippen molar-refractivity contribution in [2.24, 2.45) is 11.8 Å². The largest absolute Gasteiger partial charge is 0.487 e. The van der Waals surface area contributed by atoms with Gasteiger partial charge in [-0.15, -0.1) is 0 Å². The van der Waals surface area contributed by atoms with Crippen molar-refractivity contribution in [2.45, 2.75) is 109 Å². The van der Waals surface area contributed by atoms with Crippen molar-refractivity contribution in [3.63, 3.8) is 0 Å². The van der Waals surface area contributed by atoms with Gasteiger partial charge in [0.25, 0.3) is 5.92 Å². The number of aliphatic hydroxyl groups excluding tert-OH is 1. The fourth-order valence-electron chi connectivity index (χ4n) is 4.42. The molecule has 4 atom stereocenters. The number of halogens is 2. The molecule has 8 heteroatoms. The fourth-order valence-corrected chi connectivity index (χ4v) is 5.78. The second kappa shape index (κ2) is 14.6. The summed E-state index contributed by atoms with van der Waals surface area (Å²) in [6.45, 7) is 13.6. The predicted molar refractivity (Wildman–Crippen MR) is 155 cm³/mol. The molecule has 0 saturated heterocycles. The lowest BCUT2D eigenvalue weighted by Crippen LogP contribution is -2.45. The van der Waals surface area contributed by atoms with Crippen LogP contribution in [0.25, 0.3) is 0 Å². The van der Waals surface area contributed by atoms with Crippen molar-refractivity contribution in [1.29, 1.82) is 0 Å². The van der Waals surface area contributed by atoms with Gasteiger partial charge in [0.15, 0.2) is 14.9 Å². The van der Waals surface area contributed by atoms with Crippen molar-refractivity contribution in [1.82, 2.24) is 0 Å². The Kier molecular flexibility index (Phi) is 12.4. The number of rotatable bonds is 14. The van der Waals surface area contributed by atoms with Crippen molar-refractivity contribution in [2.75, 3.05) is 6.61 Å². The summed E-state index contributed by atoms with van der Waals surface area (Å²) in [6, 6.07) is 8.56. The lowest BCUT2D eigenvalue weighted by atomic mass is 9.89. The summed E-state index contributed by atoms with van der Waals surface area (Å²) in [7, 11) is -2.20. The first-order valence-corrected chi connectivity index (χ1v) is 17.0. The molecule has 220 valence electrons. The van der Waals surface area contributed by atoms with Gasteiger partial charge >= 0.3 is 5.97 Å². The number of alkyl halides is 2. The van der Waals surface area contributed by atoms with Gasteiger partial charge in [-0.1, -0.05) is 57.2 Å². The number of carbonyl (C=O) groups excluding carboxylic acids is 1. The van der Waals surface area contributed by atoms with Crippen LogP contribution in [0.2, 0.25) is 18.1 Å². The summed E-state index contributed by atoms with van der Waals surface area (Å²) >= 11 is 0. The average molecular weight is 567 g/mol. The van der Waals surface area contributed by atoms with E-state index in [0.717, 1.165) is 6.08 Å². The second-order valence-corrected chi connectivity index (χ2v) is 17.1. The minimum Gasteiger partial charge on any atom is -0.487 e. The topological polar surface area (TPSA) is 65.0 Å². The summed E-state index contributed by atoms with van der Waals surface area (Å²) in [5.74, 6) is -3.60. The molecule has 1 aliphatic carbocycles. The number of carbonyl (C=O) groups is 1. The summed E-state index contributed by atoms with van der Waals surface area (Å²) in [5.41, 5.74) is 0. The van der Waals surface area contributed by atoms with Crippen LogP contribution >= 0.6 is 0 Å². The summed E-state index contributed by atoms with van der Waals surface area (Å²) in [5, 5.41) is 10.9. The van der Waals surface area contributed by atoms with Gasteiger partial charge in [0.1, 0.15) is 5.75 Å². The van der Waals surface area contributed by atoms with Crippen LogP contribution in [0.4, 0.5) is 8.78 Å².